The van der Waals surface area contributed by atoms with Gasteiger partial charge in [-0.25, -0.2) is 0 Å². The van der Waals surface area contributed by atoms with Crippen LogP contribution in [0.2, 0.25) is 0 Å². The third kappa shape index (κ3) is 1.94. The fourth-order valence-electron chi connectivity index (χ4n) is 1.92. The molecule has 16 heavy (non-hydrogen) atoms. The van der Waals surface area contributed by atoms with Gasteiger partial charge in [-0.2, -0.15) is 0 Å². The fraction of sp³-hybridized carbons (Fsp3) is 0.308. The van der Waals surface area contributed by atoms with E-state index in [1.807, 2.05) is 18.2 Å². The van der Waals surface area contributed by atoms with Crippen LogP contribution in [0.25, 0.3) is 10.9 Å². The standard InChI is InChI=1S/C13H16N2O/c1-3-15(4-2)11-7-5-10-6-8-13(16)14-12(10)9-11/h5-9H,3-4H2,1-2H3,(H,14,16). The number of nitrogens with zero attached hydrogens (tertiary/aromatic N) is 1. The Bertz CT molecular complexity index is 541. The quantitative estimate of drug-likeness (QED) is 0.855. The van der Waals surface area contributed by atoms with E-state index in [0.29, 0.717) is 0 Å². The highest BCUT2D eigenvalue weighted by Gasteiger charge is 2.02. The zero-order valence-electron chi connectivity index (χ0n) is 9.66. The minimum Gasteiger partial charge on any atom is -0.372 e. The van der Waals surface area contributed by atoms with Gasteiger partial charge in [-0.3, -0.25) is 4.79 Å². The van der Waals surface area contributed by atoms with Gasteiger partial charge in [0.25, 0.3) is 0 Å². The largest absolute Gasteiger partial charge is 0.372 e. The number of aromatic nitrogens is 1. The second kappa shape index (κ2) is 4.39. The summed E-state index contributed by atoms with van der Waals surface area (Å²) in [7, 11) is 0. The number of hydrogen-bond donors (Lipinski definition) is 1. The van der Waals surface area contributed by atoms with Gasteiger partial charge in [0.05, 0.1) is 5.52 Å². The minimum absolute atomic E-state index is 0.0517. The van der Waals surface area contributed by atoms with Gasteiger partial charge in [0.2, 0.25) is 5.56 Å². The van der Waals surface area contributed by atoms with Crippen molar-refractivity contribution in [2.75, 3.05) is 18.0 Å². The lowest BCUT2D eigenvalue weighted by Crippen LogP contribution is -2.21. The van der Waals surface area contributed by atoms with Gasteiger partial charge < -0.3 is 9.88 Å². The third-order valence-electron chi connectivity index (χ3n) is 2.84. The summed E-state index contributed by atoms with van der Waals surface area (Å²) >= 11 is 0. The lowest BCUT2D eigenvalue weighted by molar-refractivity contribution is 0.867. The van der Waals surface area contributed by atoms with Gasteiger partial charge in [-0.15, -0.1) is 0 Å². The van der Waals surface area contributed by atoms with E-state index >= 15 is 0 Å². The number of aromatic amines is 1. The molecule has 0 aliphatic rings. The molecular formula is C13H16N2O. The van der Waals surface area contributed by atoms with E-state index in [0.717, 1.165) is 29.7 Å². The molecule has 0 aliphatic heterocycles. The molecule has 0 radical (unpaired) electrons. The molecule has 0 saturated carbocycles. The van der Waals surface area contributed by atoms with Crippen molar-refractivity contribution in [3.05, 3.63) is 40.7 Å². The maximum absolute atomic E-state index is 11.2. The Morgan fingerprint density at radius 3 is 2.50 bits per heavy atom. The molecule has 0 atom stereocenters. The van der Waals surface area contributed by atoms with Crippen LogP contribution in [0, 0.1) is 0 Å². The Labute approximate surface area is 94.7 Å². The Balaban J connectivity index is 2.54. The Morgan fingerprint density at radius 2 is 1.81 bits per heavy atom. The zero-order chi connectivity index (χ0) is 11.5. The maximum atomic E-state index is 11.2. The SMILES string of the molecule is CCN(CC)c1ccc2ccc(=O)[nH]c2c1. The van der Waals surface area contributed by atoms with E-state index in [9.17, 15) is 4.79 Å². The molecule has 1 heterocycles. The van der Waals surface area contributed by atoms with Crippen molar-refractivity contribution in [2.45, 2.75) is 13.8 Å². The monoisotopic (exact) mass is 216 g/mol. The number of rotatable bonds is 3. The first-order chi connectivity index (χ1) is 7.74. The summed E-state index contributed by atoms with van der Waals surface area (Å²) in [4.78, 5) is 16.3. The minimum atomic E-state index is -0.0517. The van der Waals surface area contributed by atoms with Crippen molar-refractivity contribution in [1.29, 1.82) is 0 Å². The number of benzene rings is 1. The first kappa shape index (κ1) is 10.7. The van der Waals surface area contributed by atoms with Gasteiger partial charge in [0, 0.05) is 24.8 Å². The summed E-state index contributed by atoms with van der Waals surface area (Å²) in [5.74, 6) is 0. The molecule has 1 aromatic heterocycles. The zero-order valence-corrected chi connectivity index (χ0v) is 9.66. The summed E-state index contributed by atoms with van der Waals surface area (Å²) < 4.78 is 0. The molecule has 0 fully saturated rings. The van der Waals surface area contributed by atoms with E-state index in [-0.39, 0.29) is 5.56 Å². The van der Waals surface area contributed by atoms with E-state index in [1.54, 1.807) is 6.07 Å². The molecule has 0 aliphatic carbocycles. The van der Waals surface area contributed by atoms with E-state index < -0.39 is 0 Å². The van der Waals surface area contributed by atoms with Gasteiger partial charge in [0.15, 0.2) is 0 Å². The van der Waals surface area contributed by atoms with Crippen LogP contribution in [-0.2, 0) is 0 Å². The maximum Gasteiger partial charge on any atom is 0.248 e. The van der Waals surface area contributed by atoms with Gasteiger partial charge in [-0.05, 0) is 37.4 Å². The third-order valence-corrected chi connectivity index (χ3v) is 2.84. The average molecular weight is 216 g/mol. The normalized spacial score (nSPS) is 10.6. The fourth-order valence-corrected chi connectivity index (χ4v) is 1.92. The smallest absolute Gasteiger partial charge is 0.248 e. The molecular weight excluding hydrogens is 200 g/mol. The van der Waals surface area contributed by atoms with E-state index in [1.165, 1.54) is 0 Å². The van der Waals surface area contributed by atoms with Crippen molar-refractivity contribution in [2.24, 2.45) is 0 Å². The summed E-state index contributed by atoms with van der Waals surface area (Å²) in [6.07, 6.45) is 0. The number of anilines is 1. The van der Waals surface area contributed by atoms with Crippen molar-refractivity contribution < 1.29 is 0 Å². The highest BCUT2D eigenvalue weighted by atomic mass is 16.1. The summed E-state index contributed by atoms with van der Waals surface area (Å²) in [6.45, 7) is 6.20. The molecule has 2 rings (SSSR count). The molecule has 3 nitrogen and oxygen atoms in total. The van der Waals surface area contributed by atoms with Gasteiger partial charge >= 0.3 is 0 Å². The van der Waals surface area contributed by atoms with Crippen LogP contribution in [-0.4, -0.2) is 18.1 Å². The number of hydrogen-bond acceptors (Lipinski definition) is 2. The van der Waals surface area contributed by atoms with Gasteiger partial charge in [-0.1, -0.05) is 6.07 Å². The molecule has 84 valence electrons. The molecule has 0 unspecified atom stereocenters. The number of pyridine rings is 1. The first-order valence-electron chi connectivity index (χ1n) is 5.62. The Kier molecular flexibility index (Phi) is 2.95. The van der Waals surface area contributed by atoms with E-state index in [4.69, 9.17) is 0 Å². The van der Waals surface area contributed by atoms with Crippen molar-refractivity contribution in [3.63, 3.8) is 0 Å². The van der Waals surface area contributed by atoms with Crippen molar-refractivity contribution in [3.8, 4) is 0 Å². The molecule has 0 bridgehead atoms. The topological polar surface area (TPSA) is 36.1 Å². The average Bonchev–Trinajstić information content (AvgIpc) is 2.30. The lowest BCUT2D eigenvalue weighted by Gasteiger charge is -2.21. The van der Waals surface area contributed by atoms with Crippen LogP contribution in [0.5, 0.6) is 0 Å². The highest BCUT2D eigenvalue weighted by molar-refractivity contribution is 5.82. The van der Waals surface area contributed by atoms with Crippen LogP contribution >= 0.6 is 0 Å². The first-order valence-corrected chi connectivity index (χ1v) is 5.62. The van der Waals surface area contributed by atoms with Crippen LogP contribution in [0.1, 0.15) is 13.8 Å². The summed E-state index contributed by atoms with van der Waals surface area (Å²) in [6, 6.07) is 9.57. The van der Waals surface area contributed by atoms with Crippen LogP contribution in [0.15, 0.2) is 35.1 Å². The molecule has 0 amide bonds. The molecule has 0 spiro atoms. The predicted octanol–water partition coefficient (Wildman–Crippen LogP) is 2.37. The van der Waals surface area contributed by atoms with Crippen LogP contribution in [0.3, 0.4) is 0 Å². The predicted molar refractivity (Wildman–Crippen MR) is 68.1 cm³/mol. The van der Waals surface area contributed by atoms with Crippen molar-refractivity contribution in [1.82, 2.24) is 4.98 Å². The molecule has 3 heteroatoms. The van der Waals surface area contributed by atoms with E-state index in [2.05, 4.69) is 29.8 Å². The summed E-state index contributed by atoms with van der Waals surface area (Å²) in [5, 5.41) is 1.07. The lowest BCUT2D eigenvalue weighted by atomic mass is 10.2. The Morgan fingerprint density at radius 1 is 1.12 bits per heavy atom. The number of H-pyrrole nitrogens is 1. The summed E-state index contributed by atoms with van der Waals surface area (Å²) in [5.41, 5.74) is 2.00. The van der Waals surface area contributed by atoms with Crippen molar-refractivity contribution >= 4 is 16.6 Å². The molecule has 2 aromatic rings. The highest BCUT2D eigenvalue weighted by Crippen LogP contribution is 2.19. The molecule has 1 N–H and O–H groups in total. The number of nitrogens with one attached hydrogen (secondary N) is 1. The second-order valence-corrected chi connectivity index (χ2v) is 3.77. The Hall–Kier alpha value is -1.77. The van der Waals surface area contributed by atoms with Gasteiger partial charge in [0.1, 0.15) is 0 Å². The van der Waals surface area contributed by atoms with Crippen LogP contribution in [0.4, 0.5) is 5.69 Å². The number of fused-ring (bicyclic) bond motifs is 1. The van der Waals surface area contributed by atoms with Crippen LogP contribution < -0.4 is 10.5 Å². The second-order valence-electron chi connectivity index (χ2n) is 3.77. The molecule has 0 saturated heterocycles. The molecule has 1 aromatic carbocycles.